The van der Waals surface area contributed by atoms with Gasteiger partial charge in [-0.05, 0) is 30.7 Å². The molecule has 1 aromatic rings. The second-order valence-corrected chi connectivity index (χ2v) is 6.96. The predicted octanol–water partition coefficient (Wildman–Crippen LogP) is 1.66. The molecule has 0 amide bonds. The van der Waals surface area contributed by atoms with Gasteiger partial charge in [-0.3, -0.25) is 0 Å². The molecule has 1 aliphatic heterocycles. The Kier molecular flexibility index (Phi) is 3.68. The van der Waals surface area contributed by atoms with Gasteiger partial charge in [-0.25, -0.2) is 17.2 Å². The highest BCUT2D eigenvalue weighted by atomic mass is 32.2. The van der Waals surface area contributed by atoms with Gasteiger partial charge in [0.05, 0.1) is 11.5 Å². The number of benzene rings is 1. The summed E-state index contributed by atoms with van der Waals surface area (Å²) < 4.78 is 50.4. The molecule has 1 aliphatic rings. The number of rotatable bonds is 1. The monoisotopic (exact) mass is 275 g/mol. The Morgan fingerprint density at radius 3 is 2.72 bits per heavy atom. The molecule has 0 aliphatic carbocycles. The average Bonchev–Trinajstić information content (AvgIpc) is 2.39. The van der Waals surface area contributed by atoms with E-state index in [9.17, 15) is 17.2 Å². The maximum atomic E-state index is 13.6. The summed E-state index contributed by atoms with van der Waals surface area (Å²) in [5.74, 6) is -1.30. The van der Waals surface area contributed by atoms with Crippen molar-refractivity contribution in [1.82, 2.24) is 5.32 Å². The fraction of sp³-hybridized carbons (Fsp3) is 0.500. The first-order valence-electron chi connectivity index (χ1n) is 5.76. The molecule has 0 saturated carbocycles. The van der Waals surface area contributed by atoms with Gasteiger partial charge in [0.15, 0.2) is 9.84 Å². The maximum Gasteiger partial charge on any atom is 0.152 e. The fourth-order valence-electron chi connectivity index (χ4n) is 2.20. The lowest BCUT2D eigenvalue weighted by atomic mass is 10.1. The molecule has 1 heterocycles. The van der Waals surface area contributed by atoms with Crippen molar-refractivity contribution < 1.29 is 17.2 Å². The van der Waals surface area contributed by atoms with Gasteiger partial charge in [0.25, 0.3) is 0 Å². The minimum absolute atomic E-state index is 0.0309. The Bertz CT molecular complexity index is 545. The Morgan fingerprint density at radius 2 is 2.00 bits per heavy atom. The predicted molar refractivity (Wildman–Crippen MR) is 64.9 cm³/mol. The molecular weight excluding hydrogens is 260 g/mol. The molecule has 2 atom stereocenters. The Labute approximate surface area is 105 Å². The highest BCUT2D eigenvalue weighted by molar-refractivity contribution is 7.91. The smallest absolute Gasteiger partial charge is 0.152 e. The second-order valence-electron chi connectivity index (χ2n) is 4.81. The van der Waals surface area contributed by atoms with Gasteiger partial charge in [-0.2, -0.15) is 0 Å². The van der Waals surface area contributed by atoms with Gasteiger partial charge >= 0.3 is 0 Å². The minimum Gasteiger partial charge on any atom is -0.309 e. The molecule has 0 spiro atoms. The molecule has 6 heteroatoms. The van der Waals surface area contributed by atoms with Crippen molar-refractivity contribution in [3.63, 3.8) is 0 Å². The zero-order valence-electron chi connectivity index (χ0n) is 9.99. The van der Waals surface area contributed by atoms with Crippen LogP contribution in [-0.2, 0) is 9.84 Å². The van der Waals surface area contributed by atoms with E-state index < -0.39 is 27.5 Å². The van der Waals surface area contributed by atoms with Crippen LogP contribution in [-0.4, -0.2) is 26.5 Å². The van der Waals surface area contributed by atoms with Gasteiger partial charge in [0.2, 0.25) is 0 Å². The third kappa shape index (κ3) is 3.05. The first-order chi connectivity index (χ1) is 8.37. The molecule has 3 nitrogen and oxygen atoms in total. The minimum atomic E-state index is -3.25. The number of nitrogens with one attached hydrogen (secondary N) is 1. The van der Waals surface area contributed by atoms with Crippen LogP contribution < -0.4 is 5.32 Å². The molecule has 2 rings (SSSR count). The topological polar surface area (TPSA) is 46.2 Å². The van der Waals surface area contributed by atoms with E-state index in [1.54, 1.807) is 0 Å². The average molecular weight is 275 g/mol. The number of halogens is 2. The molecule has 1 fully saturated rings. The van der Waals surface area contributed by atoms with Gasteiger partial charge in [-0.1, -0.05) is 6.92 Å². The Balaban J connectivity index is 2.35. The quantitative estimate of drug-likeness (QED) is 0.848. The largest absolute Gasteiger partial charge is 0.309 e. The number of sulfone groups is 1. The Morgan fingerprint density at radius 1 is 1.28 bits per heavy atom. The van der Waals surface area contributed by atoms with Crippen LogP contribution in [0.2, 0.25) is 0 Å². The molecule has 0 bridgehead atoms. The molecule has 18 heavy (non-hydrogen) atoms. The maximum absolute atomic E-state index is 13.6. The van der Waals surface area contributed by atoms with E-state index in [1.165, 1.54) is 0 Å². The van der Waals surface area contributed by atoms with E-state index in [1.807, 2.05) is 6.92 Å². The first-order valence-corrected chi connectivity index (χ1v) is 7.58. The van der Waals surface area contributed by atoms with Crippen LogP contribution >= 0.6 is 0 Å². The van der Waals surface area contributed by atoms with Gasteiger partial charge in [0.1, 0.15) is 11.6 Å². The summed E-state index contributed by atoms with van der Waals surface area (Å²) in [6, 6.07) is 2.41. The van der Waals surface area contributed by atoms with Crippen molar-refractivity contribution in [2.75, 3.05) is 18.1 Å². The SMILES string of the molecule is CC1CNC(c2cc(F)ccc2F)CS(=O)(=O)C1. The van der Waals surface area contributed by atoms with E-state index in [0.29, 0.717) is 6.54 Å². The van der Waals surface area contributed by atoms with Crippen molar-refractivity contribution in [2.45, 2.75) is 13.0 Å². The zero-order chi connectivity index (χ0) is 13.3. The highest BCUT2D eigenvalue weighted by Gasteiger charge is 2.28. The van der Waals surface area contributed by atoms with E-state index in [2.05, 4.69) is 5.32 Å². The highest BCUT2D eigenvalue weighted by Crippen LogP contribution is 2.23. The number of hydrogen-bond donors (Lipinski definition) is 1. The van der Waals surface area contributed by atoms with Crippen molar-refractivity contribution in [2.24, 2.45) is 5.92 Å². The Hall–Kier alpha value is -1.01. The van der Waals surface area contributed by atoms with Gasteiger partial charge < -0.3 is 5.32 Å². The summed E-state index contributed by atoms with van der Waals surface area (Å²) in [5.41, 5.74) is 0.0766. The van der Waals surface area contributed by atoms with Crippen LogP contribution in [0.15, 0.2) is 18.2 Å². The summed E-state index contributed by atoms with van der Waals surface area (Å²) in [7, 11) is -3.25. The first kappa shape index (κ1) is 13.4. The molecule has 1 saturated heterocycles. The molecule has 2 unspecified atom stereocenters. The number of hydrogen-bond acceptors (Lipinski definition) is 3. The van der Waals surface area contributed by atoms with Crippen LogP contribution in [0.3, 0.4) is 0 Å². The third-order valence-corrected chi connectivity index (χ3v) is 4.92. The zero-order valence-corrected chi connectivity index (χ0v) is 10.8. The van der Waals surface area contributed by atoms with Crippen LogP contribution in [0.5, 0.6) is 0 Å². The normalized spacial score (nSPS) is 27.7. The van der Waals surface area contributed by atoms with Crippen molar-refractivity contribution in [3.05, 3.63) is 35.4 Å². The molecule has 0 radical (unpaired) electrons. The summed E-state index contributed by atoms with van der Waals surface area (Å²) in [6.45, 7) is 2.29. The van der Waals surface area contributed by atoms with Crippen LogP contribution in [0.4, 0.5) is 8.78 Å². The second kappa shape index (κ2) is 4.93. The van der Waals surface area contributed by atoms with Crippen LogP contribution in [0.1, 0.15) is 18.5 Å². The van der Waals surface area contributed by atoms with Crippen molar-refractivity contribution in [1.29, 1.82) is 0 Å². The summed E-state index contributed by atoms with van der Waals surface area (Å²) in [6.07, 6.45) is 0. The lowest BCUT2D eigenvalue weighted by molar-refractivity contribution is 0.492. The van der Waals surface area contributed by atoms with Gasteiger partial charge in [-0.15, -0.1) is 0 Å². The fourth-order valence-corrected chi connectivity index (χ4v) is 4.12. The van der Waals surface area contributed by atoms with E-state index in [0.717, 1.165) is 18.2 Å². The lowest BCUT2D eigenvalue weighted by Gasteiger charge is -2.16. The molecule has 1 N–H and O–H groups in total. The summed E-state index contributed by atoms with van der Waals surface area (Å²) in [5, 5.41) is 2.99. The van der Waals surface area contributed by atoms with E-state index in [4.69, 9.17) is 0 Å². The van der Waals surface area contributed by atoms with E-state index >= 15 is 0 Å². The molecule has 100 valence electrons. The lowest BCUT2D eigenvalue weighted by Crippen LogP contribution is -2.27. The molecule has 0 aromatic heterocycles. The van der Waals surface area contributed by atoms with Crippen molar-refractivity contribution in [3.8, 4) is 0 Å². The molecule has 1 aromatic carbocycles. The standard InChI is InChI=1S/C12H15F2NO2S/c1-8-5-15-12(7-18(16,17)6-8)10-4-9(13)2-3-11(10)14/h2-4,8,12,15H,5-7H2,1H3. The third-order valence-electron chi connectivity index (χ3n) is 3.01. The van der Waals surface area contributed by atoms with Crippen LogP contribution in [0.25, 0.3) is 0 Å². The van der Waals surface area contributed by atoms with Crippen LogP contribution in [0, 0.1) is 17.6 Å². The molecular formula is C12H15F2NO2S. The van der Waals surface area contributed by atoms with E-state index in [-0.39, 0.29) is 23.0 Å². The summed E-state index contributed by atoms with van der Waals surface area (Å²) in [4.78, 5) is 0. The van der Waals surface area contributed by atoms with Crippen molar-refractivity contribution >= 4 is 9.84 Å². The van der Waals surface area contributed by atoms with Gasteiger partial charge in [0, 0.05) is 11.6 Å². The summed E-state index contributed by atoms with van der Waals surface area (Å²) >= 11 is 0.